The maximum atomic E-state index is 12.1. The van der Waals surface area contributed by atoms with E-state index in [4.69, 9.17) is 0 Å². The molecule has 1 aliphatic rings. The maximum absolute atomic E-state index is 12.1. The van der Waals surface area contributed by atoms with Crippen LogP contribution in [0.4, 0.5) is 0 Å². The summed E-state index contributed by atoms with van der Waals surface area (Å²) in [4.78, 5) is 36.4. The van der Waals surface area contributed by atoms with Gasteiger partial charge in [-0.1, -0.05) is 17.2 Å². The highest BCUT2D eigenvalue weighted by Crippen LogP contribution is 2.12. The number of carbonyl (C=O) groups is 3. The summed E-state index contributed by atoms with van der Waals surface area (Å²) in [5.41, 5.74) is 2.18. The molecule has 1 aliphatic heterocycles. The highest BCUT2D eigenvalue weighted by Gasteiger charge is 2.27. The number of nitrogens with zero attached hydrogens (tertiary/aromatic N) is 1. The zero-order valence-corrected chi connectivity index (χ0v) is 12.6. The van der Waals surface area contributed by atoms with Crippen LogP contribution < -0.4 is 0 Å². The standard InChI is InChI=1S/C16H23NO3/c1-12(2)7-6-8-13(3)11-15(19)17-10-5-4-9-14(18)16(17)20/h7,11H,4-6,8-10H2,1-3H3/b13-11+. The smallest absolute Gasteiger partial charge is 0.289 e. The van der Waals surface area contributed by atoms with E-state index in [9.17, 15) is 14.4 Å². The molecule has 1 saturated heterocycles. The molecule has 1 rings (SSSR count). The Balaban J connectivity index is 2.65. The van der Waals surface area contributed by atoms with Crippen LogP contribution >= 0.6 is 0 Å². The van der Waals surface area contributed by atoms with Crippen molar-refractivity contribution in [3.05, 3.63) is 23.3 Å². The first-order valence-corrected chi connectivity index (χ1v) is 7.11. The second-order valence-electron chi connectivity index (χ2n) is 5.49. The van der Waals surface area contributed by atoms with E-state index in [0.29, 0.717) is 19.4 Å². The van der Waals surface area contributed by atoms with Crippen LogP contribution in [0.15, 0.2) is 23.3 Å². The lowest BCUT2D eigenvalue weighted by Gasteiger charge is -2.15. The molecule has 0 aromatic rings. The molecule has 0 unspecified atom stereocenters. The number of hydrogen-bond donors (Lipinski definition) is 0. The number of likely N-dealkylation sites (tertiary alicyclic amines) is 1. The molecule has 4 heteroatoms. The maximum Gasteiger partial charge on any atom is 0.296 e. The summed E-state index contributed by atoms with van der Waals surface area (Å²) < 4.78 is 0. The zero-order valence-electron chi connectivity index (χ0n) is 12.6. The topological polar surface area (TPSA) is 54.5 Å². The van der Waals surface area contributed by atoms with Gasteiger partial charge < -0.3 is 0 Å². The Morgan fingerprint density at radius 2 is 1.90 bits per heavy atom. The fourth-order valence-corrected chi connectivity index (χ4v) is 2.07. The zero-order chi connectivity index (χ0) is 15.1. The molecular weight excluding hydrogens is 254 g/mol. The Labute approximate surface area is 120 Å². The van der Waals surface area contributed by atoms with Gasteiger partial charge in [-0.15, -0.1) is 0 Å². The number of rotatable bonds is 4. The number of amides is 2. The summed E-state index contributed by atoms with van der Waals surface area (Å²) in [6.07, 6.45) is 6.90. The third kappa shape index (κ3) is 5.11. The van der Waals surface area contributed by atoms with Gasteiger partial charge in [0.05, 0.1) is 0 Å². The molecule has 0 aliphatic carbocycles. The lowest BCUT2D eigenvalue weighted by Crippen LogP contribution is -2.39. The van der Waals surface area contributed by atoms with Gasteiger partial charge in [-0.2, -0.15) is 0 Å². The highest BCUT2D eigenvalue weighted by atomic mass is 16.2. The molecule has 0 N–H and O–H groups in total. The largest absolute Gasteiger partial charge is 0.296 e. The molecule has 20 heavy (non-hydrogen) atoms. The van der Waals surface area contributed by atoms with Crippen LogP contribution in [0.5, 0.6) is 0 Å². The summed E-state index contributed by atoms with van der Waals surface area (Å²) in [5, 5.41) is 0. The summed E-state index contributed by atoms with van der Waals surface area (Å²) in [6.45, 7) is 6.29. The fourth-order valence-electron chi connectivity index (χ4n) is 2.07. The molecule has 0 spiro atoms. The second-order valence-corrected chi connectivity index (χ2v) is 5.49. The molecule has 0 aromatic carbocycles. The molecular formula is C16H23NO3. The minimum Gasteiger partial charge on any atom is -0.289 e. The Morgan fingerprint density at radius 3 is 2.55 bits per heavy atom. The van der Waals surface area contributed by atoms with Crippen molar-refractivity contribution in [3.8, 4) is 0 Å². The molecule has 0 bridgehead atoms. The Bertz CT molecular complexity index is 456. The predicted octanol–water partition coefficient (Wildman–Crippen LogP) is 2.79. The van der Waals surface area contributed by atoms with E-state index in [1.807, 2.05) is 20.8 Å². The van der Waals surface area contributed by atoms with E-state index in [1.165, 1.54) is 11.6 Å². The van der Waals surface area contributed by atoms with Crippen LogP contribution in [0.2, 0.25) is 0 Å². The van der Waals surface area contributed by atoms with Crippen LogP contribution in [0.1, 0.15) is 52.9 Å². The van der Waals surface area contributed by atoms with Gasteiger partial charge in [-0.25, -0.2) is 0 Å². The van der Waals surface area contributed by atoms with E-state index in [1.54, 1.807) is 0 Å². The van der Waals surface area contributed by atoms with Gasteiger partial charge in [0.15, 0.2) is 0 Å². The SMILES string of the molecule is CC(C)=CCC/C(C)=C/C(=O)N1CCCCC(=O)C1=O. The molecule has 1 fully saturated rings. The fraction of sp³-hybridized carbons (Fsp3) is 0.562. The van der Waals surface area contributed by atoms with E-state index >= 15 is 0 Å². The summed E-state index contributed by atoms with van der Waals surface area (Å²) >= 11 is 0. The first kappa shape index (κ1) is 16.3. The minimum absolute atomic E-state index is 0.256. The van der Waals surface area contributed by atoms with Crippen molar-refractivity contribution in [1.29, 1.82) is 0 Å². The quantitative estimate of drug-likeness (QED) is 0.451. The van der Waals surface area contributed by atoms with Gasteiger partial charge in [-0.3, -0.25) is 19.3 Å². The van der Waals surface area contributed by atoms with Crippen molar-refractivity contribution in [2.24, 2.45) is 0 Å². The van der Waals surface area contributed by atoms with E-state index in [-0.39, 0.29) is 12.3 Å². The van der Waals surface area contributed by atoms with E-state index < -0.39 is 11.7 Å². The van der Waals surface area contributed by atoms with Crippen molar-refractivity contribution >= 4 is 17.6 Å². The normalized spacial score (nSPS) is 16.9. The van der Waals surface area contributed by atoms with E-state index in [0.717, 1.165) is 23.3 Å². The number of carbonyl (C=O) groups excluding carboxylic acids is 3. The van der Waals surface area contributed by atoms with Gasteiger partial charge >= 0.3 is 0 Å². The van der Waals surface area contributed by atoms with Gasteiger partial charge in [-0.05, 0) is 46.5 Å². The lowest BCUT2D eigenvalue weighted by molar-refractivity contribution is -0.149. The van der Waals surface area contributed by atoms with E-state index in [2.05, 4.69) is 6.08 Å². The van der Waals surface area contributed by atoms with Gasteiger partial charge in [0, 0.05) is 19.0 Å². The van der Waals surface area contributed by atoms with Crippen molar-refractivity contribution < 1.29 is 14.4 Å². The number of imide groups is 1. The van der Waals surface area contributed by atoms with Crippen LogP contribution in [0, 0.1) is 0 Å². The molecule has 1 heterocycles. The van der Waals surface area contributed by atoms with Crippen molar-refractivity contribution in [2.45, 2.75) is 52.9 Å². The summed E-state index contributed by atoms with van der Waals surface area (Å²) in [6, 6.07) is 0. The molecule has 0 aromatic heterocycles. The van der Waals surface area contributed by atoms with Crippen molar-refractivity contribution in [3.63, 3.8) is 0 Å². The second kappa shape index (κ2) is 7.78. The van der Waals surface area contributed by atoms with Crippen LogP contribution in [0.3, 0.4) is 0 Å². The minimum atomic E-state index is -0.652. The monoisotopic (exact) mass is 277 g/mol. The van der Waals surface area contributed by atoms with Gasteiger partial charge in [0.2, 0.25) is 5.78 Å². The Morgan fingerprint density at radius 1 is 1.20 bits per heavy atom. The molecule has 2 amide bonds. The first-order valence-electron chi connectivity index (χ1n) is 7.11. The van der Waals surface area contributed by atoms with Gasteiger partial charge in [0.25, 0.3) is 11.8 Å². The number of hydrogen-bond acceptors (Lipinski definition) is 3. The number of allylic oxidation sites excluding steroid dienone is 3. The lowest BCUT2D eigenvalue weighted by atomic mass is 10.1. The number of ketones is 1. The predicted molar refractivity (Wildman–Crippen MR) is 78.0 cm³/mol. The average Bonchev–Trinajstić information content (AvgIpc) is 2.52. The van der Waals surface area contributed by atoms with Crippen LogP contribution in [-0.2, 0) is 14.4 Å². The van der Waals surface area contributed by atoms with Crippen LogP contribution in [-0.4, -0.2) is 29.0 Å². The van der Waals surface area contributed by atoms with Crippen LogP contribution in [0.25, 0.3) is 0 Å². The molecule has 110 valence electrons. The molecule has 0 radical (unpaired) electrons. The first-order chi connectivity index (χ1) is 9.41. The highest BCUT2D eigenvalue weighted by molar-refractivity contribution is 6.39. The molecule has 0 saturated carbocycles. The Kier molecular flexibility index (Phi) is 6.36. The summed E-state index contributed by atoms with van der Waals surface area (Å²) in [7, 11) is 0. The van der Waals surface area contributed by atoms with Crippen molar-refractivity contribution in [2.75, 3.05) is 6.54 Å². The molecule has 0 atom stereocenters. The summed E-state index contributed by atoms with van der Waals surface area (Å²) in [5.74, 6) is -1.47. The van der Waals surface area contributed by atoms with Gasteiger partial charge in [0.1, 0.15) is 0 Å². The third-order valence-electron chi connectivity index (χ3n) is 3.25. The third-order valence-corrected chi connectivity index (χ3v) is 3.25. The number of Topliss-reactive ketones (excluding diaryl/α,β-unsaturated/α-hetero) is 1. The van der Waals surface area contributed by atoms with Crippen molar-refractivity contribution in [1.82, 2.24) is 4.90 Å². The Hall–Kier alpha value is -1.71. The average molecular weight is 277 g/mol. The molecule has 4 nitrogen and oxygen atoms in total.